The van der Waals surface area contributed by atoms with Crippen LogP contribution in [0.3, 0.4) is 0 Å². The number of aliphatic hydroxyl groups is 2. The maximum absolute atomic E-state index is 10.8. The van der Waals surface area contributed by atoms with E-state index in [-0.39, 0.29) is 6.61 Å². The van der Waals surface area contributed by atoms with E-state index in [1.54, 1.807) is 0 Å². The third-order valence-corrected chi connectivity index (χ3v) is 2.06. The van der Waals surface area contributed by atoms with E-state index in [1.807, 2.05) is 0 Å². The Balaban J connectivity index is 2.59. The van der Waals surface area contributed by atoms with Gasteiger partial charge in [-0.25, -0.2) is 0 Å². The van der Waals surface area contributed by atoms with E-state index >= 15 is 0 Å². The highest BCUT2D eigenvalue weighted by molar-refractivity contribution is 5.66. The molecule has 16 heavy (non-hydrogen) atoms. The average Bonchev–Trinajstić information content (AvgIpc) is 2.42. The number of ether oxygens (including phenoxy) is 3. The van der Waals surface area contributed by atoms with Gasteiger partial charge in [0.05, 0.1) is 0 Å². The number of rotatable bonds is 3. The molecule has 4 atom stereocenters. The third-order valence-electron chi connectivity index (χ3n) is 2.06. The van der Waals surface area contributed by atoms with Crippen molar-refractivity contribution in [1.82, 2.24) is 0 Å². The van der Waals surface area contributed by atoms with Gasteiger partial charge >= 0.3 is 11.9 Å². The Kier molecular flexibility index (Phi) is 4.22. The second kappa shape index (κ2) is 5.24. The molecule has 1 rings (SSSR count). The Morgan fingerprint density at radius 3 is 2.38 bits per heavy atom. The van der Waals surface area contributed by atoms with Gasteiger partial charge in [0, 0.05) is 13.8 Å². The van der Waals surface area contributed by atoms with Crippen LogP contribution in [-0.4, -0.2) is 53.4 Å². The van der Waals surface area contributed by atoms with Gasteiger partial charge in [0.15, 0.2) is 12.4 Å². The average molecular weight is 234 g/mol. The molecule has 92 valence electrons. The molecular weight excluding hydrogens is 220 g/mol. The lowest BCUT2D eigenvalue weighted by molar-refractivity contribution is -0.159. The summed E-state index contributed by atoms with van der Waals surface area (Å²) in [7, 11) is 0. The molecule has 1 heterocycles. The van der Waals surface area contributed by atoms with Crippen molar-refractivity contribution in [3.63, 3.8) is 0 Å². The molecule has 0 spiro atoms. The van der Waals surface area contributed by atoms with Gasteiger partial charge in [-0.05, 0) is 0 Å². The van der Waals surface area contributed by atoms with Crippen molar-refractivity contribution >= 4 is 11.9 Å². The van der Waals surface area contributed by atoms with Crippen molar-refractivity contribution in [2.45, 2.75) is 38.4 Å². The van der Waals surface area contributed by atoms with E-state index in [9.17, 15) is 19.8 Å². The van der Waals surface area contributed by atoms with Crippen LogP contribution >= 0.6 is 0 Å². The molecule has 0 amide bonds. The molecule has 2 N–H and O–H groups in total. The number of aliphatic hydroxyl groups excluding tert-OH is 2. The van der Waals surface area contributed by atoms with Crippen LogP contribution in [0.5, 0.6) is 0 Å². The summed E-state index contributed by atoms with van der Waals surface area (Å²) in [6, 6.07) is 0. The summed E-state index contributed by atoms with van der Waals surface area (Å²) in [5.74, 6) is -1.14. The molecule has 1 aliphatic heterocycles. The first kappa shape index (κ1) is 12.9. The number of carbonyl (C=O) groups is 2. The van der Waals surface area contributed by atoms with Gasteiger partial charge < -0.3 is 24.4 Å². The zero-order chi connectivity index (χ0) is 12.3. The second-order valence-corrected chi connectivity index (χ2v) is 3.43. The molecule has 1 aliphatic rings. The van der Waals surface area contributed by atoms with Gasteiger partial charge in [-0.2, -0.15) is 0 Å². The summed E-state index contributed by atoms with van der Waals surface area (Å²) in [6.45, 7) is 2.18. The molecule has 0 aromatic carbocycles. The van der Waals surface area contributed by atoms with Crippen molar-refractivity contribution in [3.05, 3.63) is 0 Å². The Morgan fingerprint density at radius 1 is 1.25 bits per heavy atom. The topological polar surface area (TPSA) is 102 Å². The lowest BCUT2D eigenvalue weighted by Crippen LogP contribution is -2.38. The molecule has 0 radical (unpaired) electrons. The summed E-state index contributed by atoms with van der Waals surface area (Å²) < 4.78 is 14.3. The molecule has 7 heteroatoms. The molecule has 0 unspecified atom stereocenters. The van der Waals surface area contributed by atoms with E-state index in [1.165, 1.54) is 13.8 Å². The van der Waals surface area contributed by atoms with Crippen molar-refractivity contribution in [1.29, 1.82) is 0 Å². The quantitative estimate of drug-likeness (QED) is 0.576. The molecule has 0 bridgehead atoms. The van der Waals surface area contributed by atoms with E-state index < -0.39 is 36.5 Å². The van der Waals surface area contributed by atoms with Gasteiger partial charge in [-0.15, -0.1) is 0 Å². The van der Waals surface area contributed by atoms with Crippen molar-refractivity contribution < 1.29 is 34.0 Å². The number of hydrogen-bond donors (Lipinski definition) is 2. The minimum absolute atomic E-state index is 0.193. The lowest BCUT2D eigenvalue weighted by Gasteiger charge is -2.19. The van der Waals surface area contributed by atoms with Crippen LogP contribution in [0, 0.1) is 0 Å². The van der Waals surface area contributed by atoms with Crippen LogP contribution in [-0.2, 0) is 23.8 Å². The van der Waals surface area contributed by atoms with Crippen LogP contribution in [0.15, 0.2) is 0 Å². The summed E-state index contributed by atoms with van der Waals surface area (Å²) in [5, 5.41) is 18.7. The van der Waals surface area contributed by atoms with Crippen LogP contribution in [0.4, 0.5) is 0 Å². The first-order valence-corrected chi connectivity index (χ1v) is 4.74. The van der Waals surface area contributed by atoms with Crippen molar-refractivity contribution in [2.75, 3.05) is 6.61 Å². The van der Waals surface area contributed by atoms with E-state index in [2.05, 4.69) is 4.74 Å². The van der Waals surface area contributed by atoms with Crippen LogP contribution < -0.4 is 0 Å². The van der Waals surface area contributed by atoms with Gasteiger partial charge in [0.1, 0.15) is 18.8 Å². The minimum atomic E-state index is -1.45. The molecule has 0 aliphatic carbocycles. The minimum Gasteiger partial charge on any atom is -0.463 e. The molecule has 1 saturated heterocycles. The predicted molar refractivity (Wildman–Crippen MR) is 49.1 cm³/mol. The van der Waals surface area contributed by atoms with E-state index in [0.717, 1.165) is 0 Å². The fourth-order valence-electron chi connectivity index (χ4n) is 1.39. The Labute approximate surface area is 91.9 Å². The maximum Gasteiger partial charge on any atom is 0.303 e. The maximum atomic E-state index is 10.8. The summed E-state index contributed by atoms with van der Waals surface area (Å²) in [5.41, 5.74) is 0. The first-order valence-electron chi connectivity index (χ1n) is 4.74. The van der Waals surface area contributed by atoms with Gasteiger partial charge in [-0.1, -0.05) is 0 Å². The van der Waals surface area contributed by atoms with Crippen molar-refractivity contribution in [2.24, 2.45) is 0 Å². The summed E-state index contributed by atoms with van der Waals surface area (Å²) >= 11 is 0. The molecule has 0 saturated carbocycles. The van der Waals surface area contributed by atoms with Crippen LogP contribution in [0.1, 0.15) is 13.8 Å². The molecular formula is C9H14O7. The number of hydrogen-bond acceptors (Lipinski definition) is 7. The first-order chi connectivity index (χ1) is 7.41. The number of esters is 2. The largest absolute Gasteiger partial charge is 0.463 e. The fraction of sp³-hybridized carbons (Fsp3) is 0.778. The summed E-state index contributed by atoms with van der Waals surface area (Å²) in [6.07, 6.45) is -4.70. The fourth-order valence-corrected chi connectivity index (χ4v) is 1.39. The Bertz CT molecular complexity index is 277. The van der Waals surface area contributed by atoms with Crippen LogP contribution in [0.25, 0.3) is 0 Å². The highest BCUT2D eigenvalue weighted by Crippen LogP contribution is 2.23. The summed E-state index contributed by atoms with van der Waals surface area (Å²) in [4.78, 5) is 21.3. The highest BCUT2D eigenvalue weighted by Gasteiger charge is 2.45. The van der Waals surface area contributed by atoms with Gasteiger partial charge in [0.25, 0.3) is 0 Å². The monoisotopic (exact) mass is 234 g/mol. The standard InChI is InChI=1S/C9H14O7/c1-4(10)14-3-6-8(15-5(2)11)7(12)9(13)16-6/h6-9,12-13H,3H2,1-2H3/t6-,7-,8-,9+/m1/s1. The van der Waals surface area contributed by atoms with Gasteiger partial charge in [0.2, 0.25) is 0 Å². The van der Waals surface area contributed by atoms with Crippen molar-refractivity contribution in [3.8, 4) is 0 Å². The lowest BCUT2D eigenvalue weighted by atomic mass is 10.1. The Morgan fingerprint density at radius 2 is 1.88 bits per heavy atom. The van der Waals surface area contributed by atoms with Crippen LogP contribution in [0.2, 0.25) is 0 Å². The molecule has 0 aromatic rings. The normalized spacial score (nSPS) is 33.5. The van der Waals surface area contributed by atoms with Gasteiger partial charge in [-0.3, -0.25) is 9.59 Å². The molecule has 7 nitrogen and oxygen atoms in total. The van der Waals surface area contributed by atoms with E-state index in [4.69, 9.17) is 9.47 Å². The zero-order valence-electron chi connectivity index (χ0n) is 8.95. The Hall–Kier alpha value is -1.18. The number of carbonyl (C=O) groups excluding carboxylic acids is 2. The second-order valence-electron chi connectivity index (χ2n) is 3.43. The zero-order valence-corrected chi connectivity index (χ0v) is 8.95. The third kappa shape index (κ3) is 3.16. The predicted octanol–water partition coefficient (Wildman–Crippen LogP) is -1.44. The SMILES string of the molecule is CC(=O)OC[C@H]1O[C@H](O)[C@H](O)[C@@H]1OC(C)=O. The highest BCUT2D eigenvalue weighted by atomic mass is 16.7. The smallest absolute Gasteiger partial charge is 0.303 e. The molecule has 0 aromatic heterocycles. The molecule has 1 fully saturated rings. The van der Waals surface area contributed by atoms with E-state index in [0.29, 0.717) is 0 Å².